The number of aliphatic hydroxyl groups is 2. The summed E-state index contributed by atoms with van der Waals surface area (Å²) in [7, 11) is 1.34. The minimum Gasteiger partial charge on any atom is -0.507 e. The number of methoxy groups -OCH3 is 1. The Morgan fingerprint density at radius 3 is 2.41 bits per heavy atom. The number of aromatic hydroxyl groups is 2. The minimum absolute atomic E-state index is 0. The molecule has 6 atom stereocenters. The molecule has 1 heterocycles. The van der Waals surface area contributed by atoms with Crippen molar-refractivity contribution in [3.8, 4) is 17.2 Å². The third kappa shape index (κ3) is 4.39. The molecule has 0 unspecified atom stereocenters. The zero-order valence-electron chi connectivity index (χ0n) is 21.5. The summed E-state index contributed by atoms with van der Waals surface area (Å²) in [4.78, 5) is 39.6. The molecule has 0 amide bonds. The van der Waals surface area contributed by atoms with Crippen LogP contribution in [0.3, 0.4) is 0 Å². The maximum atomic E-state index is 13.6. The topological polar surface area (TPSA) is 186 Å². The Morgan fingerprint density at radius 1 is 1.13 bits per heavy atom. The van der Waals surface area contributed by atoms with Gasteiger partial charge in [-0.2, -0.15) is 0 Å². The van der Waals surface area contributed by atoms with Gasteiger partial charge >= 0.3 is 0 Å². The van der Waals surface area contributed by atoms with Crippen molar-refractivity contribution in [2.45, 2.75) is 69.4 Å². The van der Waals surface area contributed by atoms with Crippen molar-refractivity contribution in [2.24, 2.45) is 5.73 Å². The highest BCUT2D eigenvalue weighted by Crippen LogP contribution is 2.52. The molecule has 1 aliphatic heterocycles. The summed E-state index contributed by atoms with van der Waals surface area (Å²) in [5.74, 6) is -3.18. The van der Waals surface area contributed by atoms with Crippen LogP contribution >= 0.6 is 12.4 Å². The molecule has 0 saturated carbocycles. The van der Waals surface area contributed by atoms with Crippen LogP contribution in [0.4, 0.5) is 0 Å². The number of benzene rings is 2. The Labute approximate surface area is 229 Å². The summed E-state index contributed by atoms with van der Waals surface area (Å²) >= 11 is 0. The van der Waals surface area contributed by atoms with Gasteiger partial charge in [-0.05, 0) is 19.9 Å². The number of rotatable bonds is 4. The first kappa shape index (κ1) is 28.9. The van der Waals surface area contributed by atoms with Gasteiger partial charge < -0.3 is 40.4 Å². The summed E-state index contributed by atoms with van der Waals surface area (Å²) in [6, 6.07) is 3.75. The number of hydrogen-bond donors (Lipinski definition) is 5. The van der Waals surface area contributed by atoms with Crippen LogP contribution < -0.4 is 10.5 Å². The number of fused-ring (bicyclic) bond motifs is 3. The maximum absolute atomic E-state index is 13.6. The molecule has 12 heteroatoms. The van der Waals surface area contributed by atoms with E-state index in [9.17, 15) is 34.8 Å². The Balaban J connectivity index is 0.00000353. The van der Waals surface area contributed by atoms with E-state index < -0.39 is 82.6 Å². The first-order chi connectivity index (χ1) is 17.9. The number of carbonyl (C=O) groups is 3. The normalized spacial score (nSPS) is 29.5. The first-order valence-electron chi connectivity index (χ1n) is 12.2. The number of ether oxygens (including phenoxy) is 3. The molecule has 6 N–H and O–H groups in total. The molecule has 1 saturated heterocycles. The van der Waals surface area contributed by atoms with Crippen molar-refractivity contribution < 1.29 is 49.0 Å². The van der Waals surface area contributed by atoms with Gasteiger partial charge in [0, 0.05) is 42.0 Å². The summed E-state index contributed by atoms with van der Waals surface area (Å²) in [6.45, 7) is 2.79. The van der Waals surface area contributed by atoms with Crippen molar-refractivity contribution in [1.82, 2.24) is 0 Å². The molecule has 2 aromatic carbocycles. The summed E-state index contributed by atoms with van der Waals surface area (Å²) < 4.78 is 17.1. The molecule has 39 heavy (non-hydrogen) atoms. The third-order valence-electron chi connectivity index (χ3n) is 7.80. The molecule has 0 aromatic heterocycles. The van der Waals surface area contributed by atoms with E-state index in [1.807, 2.05) is 0 Å². The number of aliphatic hydroxyl groups excluding tert-OH is 1. The second-order valence-electron chi connectivity index (χ2n) is 10.1. The summed E-state index contributed by atoms with van der Waals surface area (Å²) in [5.41, 5.74) is 2.97. The number of phenolic OH excluding ortho intramolecular Hbond substituents is 2. The van der Waals surface area contributed by atoms with Gasteiger partial charge in [-0.1, -0.05) is 12.1 Å². The van der Waals surface area contributed by atoms with Crippen LogP contribution in [0.15, 0.2) is 18.2 Å². The third-order valence-corrected chi connectivity index (χ3v) is 7.80. The van der Waals surface area contributed by atoms with E-state index in [0.717, 1.165) is 0 Å². The molecule has 11 nitrogen and oxygen atoms in total. The van der Waals surface area contributed by atoms with Gasteiger partial charge in [-0.25, -0.2) is 0 Å². The van der Waals surface area contributed by atoms with Gasteiger partial charge in [-0.3, -0.25) is 14.4 Å². The van der Waals surface area contributed by atoms with Crippen LogP contribution in [0.1, 0.15) is 75.8 Å². The van der Waals surface area contributed by atoms with Crippen LogP contribution in [-0.2, 0) is 20.7 Å². The molecule has 0 spiro atoms. The second-order valence-corrected chi connectivity index (χ2v) is 10.1. The lowest BCUT2D eigenvalue weighted by Gasteiger charge is -2.42. The lowest BCUT2D eigenvalue weighted by Crippen LogP contribution is -2.52. The van der Waals surface area contributed by atoms with Crippen LogP contribution in [0.25, 0.3) is 0 Å². The first-order valence-corrected chi connectivity index (χ1v) is 12.2. The Kier molecular flexibility index (Phi) is 7.54. The number of hydrogen-bond acceptors (Lipinski definition) is 11. The van der Waals surface area contributed by atoms with E-state index in [-0.39, 0.29) is 53.3 Å². The quantitative estimate of drug-likeness (QED) is 0.289. The fraction of sp³-hybridized carbons (Fsp3) is 0.444. The van der Waals surface area contributed by atoms with E-state index >= 15 is 0 Å². The summed E-state index contributed by atoms with van der Waals surface area (Å²) in [6.07, 6.45) is -4.53. The standard InChI is InChI=1S/C27H29NO10.ClH/c1-10-22(30)14(28)7-17(37-10)38-16-9-27(35,11(2)29)8-13-19(16)26(34)21-20(24(13)32)23(31)12-5-4-6-15(36-3)18(12)25(21)33;/h4-6,10,14,16-17,22,30,32,34-35H,7-9,28H2,1-3H3;1H/t10-,14-,16-,17-,22+,27-;/m1./s1. The molecular weight excluding hydrogens is 534 g/mol. The second kappa shape index (κ2) is 10.2. The molecule has 1 fully saturated rings. The number of nitrogens with two attached hydrogens (primary N) is 1. The lowest BCUT2D eigenvalue weighted by molar-refractivity contribution is -0.247. The number of ketones is 3. The van der Waals surface area contributed by atoms with Gasteiger partial charge in [0.1, 0.15) is 22.8 Å². The highest BCUT2D eigenvalue weighted by molar-refractivity contribution is 6.31. The Morgan fingerprint density at radius 2 is 1.79 bits per heavy atom. The lowest BCUT2D eigenvalue weighted by atomic mass is 9.72. The number of phenols is 2. The number of carbonyl (C=O) groups excluding carboxylic acids is 3. The average Bonchev–Trinajstić information content (AvgIpc) is 2.87. The van der Waals surface area contributed by atoms with E-state index in [2.05, 4.69) is 0 Å². The highest BCUT2D eigenvalue weighted by Gasteiger charge is 2.49. The van der Waals surface area contributed by atoms with Crippen LogP contribution in [-0.4, -0.2) is 75.0 Å². The summed E-state index contributed by atoms with van der Waals surface area (Å²) in [5, 5.41) is 44.1. The van der Waals surface area contributed by atoms with Gasteiger partial charge in [0.25, 0.3) is 0 Å². The van der Waals surface area contributed by atoms with E-state index in [1.165, 1.54) is 32.2 Å². The maximum Gasteiger partial charge on any atom is 0.202 e. The molecule has 3 aliphatic rings. The van der Waals surface area contributed by atoms with Crippen LogP contribution in [0.5, 0.6) is 17.2 Å². The van der Waals surface area contributed by atoms with Crippen LogP contribution in [0, 0.1) is 0 Å². The minimum atomic E-state index is -2.00. The van der Waals surface area contributed by atoms with E-state index in [1.54, 1.807) is 6.92 Å². The molecule has 2 aliphatic carbocycles. The Bertz CT molecular complexity index is 1370. The Hall–Kier alpha value is -3.06. The molecule has 0 radical (unpaired) electrons. The monoisotopic (exact) mass is 563 g/mol. The fourth-order valence-corrected chi connectivity index (χ4v) is 5.66. The van der Waals surface area contributed by atoms with Crippen LogP contribution in [0.2, 0.25) is 0 Å². The molecule has 5 rings (SSSR count). The SMILES string of the molecule is COc1cccc2c1C(=O)c1c(O)c3c(c(O)c1C2=O)C[C@](O)(C(C)=O)C[C@H]3O[C@@H]1C[C@@H](N)[C@@H](O)[C@@H](C)O1.Cl. The molecular formula is C27H30ClNO10. The number of Topliss-reactive ketones (excluding diaryl/α,β-unsaturated/α-hetero) is 1. The fourth-order valence-electron chi connectivity index (χ4n) is 5.66. The zero-order valence-corrected chi connectivity index (χ0v) is 22.3. The largest absolute Gasteiger partial charge is 0.507 e. The van der Waals surface area contributed by atoms with E-state index in [4.69, 9.17) is 19.9 Å². The van der Waals surface area contributed by atoms with Crippen molar-refractivity contribution >= 4 is 29.8 Å². The average molecular weight is 564 g/mol. The number of halogens is 1. The van der Waals surface area contributed by atoms with Crippen molar-refractivity contribution in [3.05, 3.63) is 51.6 Å². The molecule has 0 bridgehead atoms. The van der Waals surface area contributed by atoms with Crippen molar-refractivity contribution in [1.29, 1.82) is 0 Å². The van der Waals surface area contributed by atoms with Gasteiger partial charge in [-0.15, -0.1) is 12.4 Å². The predicted molar refractivity (Wildman–Crippen MR) is 138 cm³/mol. The molecule has 210 valence electrons. The van der Waals surface area contributed by atoms with Crippen molar-refractivity contribution in [2.75, 3.05) is 7.11 Å². The van der Waals surface area contributed by atoms with E-state index in [0.29, 0.717) is 0 Å². The van der Waals surface area contributed by atoms with Gasteiger partial charge in [0.2, 0.25) is 5.78 Å². The van der Waals surface area contributed by atoms with Crippen molar-refractivity contribution in [3.63, 3.8) is 0 Å². The predicted octanol–water partition coefficient (Wildman–Crippen LogP) is 1.45. The highest BCUT2D eigenvalue weighted by atomic mass is 35.5. The van der Waals surface area contributed by atoms with Gasteiger partial charge in [0.15, 0.2) is 17.9 Å². The van der Waals surface area contributed by atoms with Gasteiger partial charge in [0.05, 0.1) is 42.1 Å². The zero-order chi connectivity index (χ0) is 27.7. The molecule has 2 aromatic rings. The smallest absolute Gasteiger partial charge is 0.202 e.